The lowest BCUT2D eigenvalue weighted by atomic mass is 10.2. The van der Waals surface area contributed by atoms with E-state index in [0.29, 0.717) is 12.1 Å². The van der Waals surface area contributed by atoms with Crippen LogP contribution in [-0.4, -0.2) is 55.6 Å². The molecule has 1 fully saturated rings. The molecule has 18 heavy (non-hydrogen) atoms. The molecule has 2 rings (SSSR count). The van der Waals surface area contributed by atoms with E-state index in [2.05, 4.69) is 41.5 Å². The van der Waals surface area contributed by atoms with Crippen molar-refractivity contribution in [2.24, 2.45) is 0 Å². The van der Waals surface area contributed by atoms with Gasteiger partial charge < -0.3 is 10.2 Å². The molecule has 0 amide bonds. The number of nitrogens with zero attached hydrogens (tertiary/aromatic N) is 3. The molecule has 0 radical (unpaired) electrons. The third-order valence-corrected chi connectivity index (χ3v) is 4.73. The highest BCUT2D eigenvalue weighted by Gasteiger charge is 2.25. The first-order valence-corrected chi connectivity index (χ1v) is 7.51. The van der Waals surface area contributed by atoms with Gasteiger partial charge in [0.1, 0.15) is 5.01 Å². The van der Waals surface area contributed by atoms with Gasteiger partial charge in [0, 0.05) is 18.0 Å². The highest BCUT2D eigenvalue weighted by atomic mass is 32.1. The van der Waals surface area contributed by atoms with Crippen molar-refractivity contribution in [3.8, 4) is 0 Å². The number of aromatic nitrogens is 1. The van der Waals surface area contributed by atoms with Crippen molar-refractivity contribution in [2.45, 2.75) is 25.4 Å². The molecule has 1 aromatic rings. The summed E-state index contributed by atoms with van der Waals surface area (Å²) in [5.74, 6) is 0. The number of hydrogen-bond donors (Lipinski definition) is 1. The fraction of sp³-hybridized carbons (Fsp3) is 0.769. The van der Waals surface area contributed by atoms with E-state index in [1.165, 1.54) is 18.0 Å². The van der Waals surface area contributed by atoms with Gasteiger partial charge >= 0.3 is 0 Å². The second-order valence-corrected chi connectivity index (χ2v) is 6.12. The second-order valence-electron chi connectivity index (χ2n) is 5.23. The van der Waals surface area contributed by atoms with Crippen LogP contribution >= 0.6 is 11.3 Å². The maximum Gasteiger partial charge on any atom is 0.111 e. The summed E-state index contributed by atoms with van der Waals surface area (Å²) >= 11 is 1.80. The molecule has 2 heterocycles. The Bertz CT molecular complexity index is 379. The second kappa shape index (κ2) is 6.10. The van der Waals surface area contributed by atoms with Gasteiger partial charge in [-0.1, -0.05) is 0 Å². The predicted octanol–water partition coefficient (Wildman–Crippen LogP) is 1.73. The summed E-state index contributed by atoms with van der Waals surface area (Å²) in [6.45, 7) is 5.58. The molecule has 1 aliphatic rings. The number of hydrogen-bond acceptors (Lipinski definition) is 5. The topological polar surface area (TPSA) is 31.4 Å². The van der Waals surface area contributed by atoms with E-state index in [4.69, 9.17) is 4.98 Å². The molecule has 102 valence electrons. The van der Waals surface area contributed by atoms with Crippen molar-refractivity contribution < 1.29 is 0 Å². The van der Waals surface area contributed by atoms with E-state index in [-0.39, 0.29) is 0 Å². The molecule has 5 heteroatoms. The van der Waals surface area contributed by atoms with Crippen LogP contribution in [0.5, 0.6) is 0 Å². The van der Waals surface area contributed by atoms with Gasteiger partial charge in [0.05, 0.1) is 11.7 Å². The van der Waals surface area contributed by atoms with E-state index < -0.39 is 0 Å². The Morgan fingerprint density at radius 2 is 2.22 bits per heavy atom. The van der Waals surface area contributed by atoms with E-state index in [1.54, 1.807) is 11.3 Å². The molecule has 0 saturated carbocycles. The minimum Gasteiger partial charge on any atom is -0.312 e. The van der Waals surface area contributed by atoms with E-state index in [1.807, 2.05) is 7.05 Å². The first kappa shape index (κ1) is 13.9. The van der Waals surface area contributed by atoms with Gasteiger partial charge in [-0.05, 0) is 47.6 Å². The monoisotopic (exact) mass is 268 g/mol. The van der Waals surface area contributed by atoms with Crippen LogP contribution < -0.4 is 5.32 Å². The average molecular weight is 268 g/mol. The van der Waals surface area contributed by atoms with Crippen molar-refractivity contribution in [3.05, 3.63) is 16.1 Å². The summed E-state index contributed by atoms with van der Waals surface area (Å²) in [5.41, 5.74) is 1.16. The van der Waals surface area contributed by atoms with Gasteiger partial charge in [0.2, 0.25) is 0 Å². The quantitative estimate of drug-likeness (QED) is 0.905. The normalized spacial score (nSPS) is 25.0. The summed E-state index contributed by atoms with van der Waals surface area (Å²) < 4.78 is 0. The van der Waals surface area contributed by atoms with Crippen molar-refractivity contribution >= 4 is 11.3 Å². The van der Waals surface area contributed by atoms with E-state index in [0.717, 1.165) is 18.8 Å². The minimum absolute atomic E-state index is 0.337. The van der Waals surface area contributed by atoms with Crippen molar-refractivity contribution in [1.29, 1.82) is 0 Å². The molecule has 0 aliphatic carbocycles. The summed E-state index contributed by atoms with van der Waals surface area (Å²) in [4.78, 5) is 9.67. The van der Waals surface area contributed by atoms with Crippen LogP contribution in [0.3, 0.4) is 0 Å². The molecule has 2 unspecified atom stereocenters. The van der Waals surface area contributed by atoms with Crippen LogP contribution in [0.2, 0.25) is 0 Å². The third-order valence-electron chi connectivity index (χ3n) is 3.77. The fourth-order valence-electron chi connectivity index (χ4n) is 2.34. The molecule has 1 N–H and O–H groups in total. The number of rotatable bonds is 3. The zero-order chi connectivity index (χ0) is 13.1. The lowest BCUT2D eigenvalue weighted by Crippen LogP contribution is -2.30. The Balaban J connectivity index is 2.15. The van der Waals surface area contributed by atoms with E-state index in [9.17, 15) is 0 Å². The Morgan fingerprint density at radius 3 is 2.94 bits per heavy atom. The lowest BCUT2D eigenvalue weighted by molar-refractivity contribution is 0.228. The Morgan fingerprint density at radius 1 is 1.44 bits per heavy atom. The minimum atomic E-state index is 0.337. The standard InChI is InChI=1S/C13H24N4S/c1-10(14-2)11-9-18-13(15-11)12-8-16(3)6-5-7-17(12)4/h9-10,12,14H,5-8H2,1-4H3. The molecule has 0 spiro atoms. The highest BCUT2D eigenvalue weighted by Crippen LogP contribution is 2.27. The van der Waals surface area contributed by atoms with Gasteiger partial charge in [-0.15, -0.1) is 11.3 Å². The smallest absolute Gasteiger partial charge is 0.111 e. The zero-order valence-electron chi connectivity index (χ0n) is 11.8. The third kappa shape index (κ3) is 3.09. The van der Waals surface area contributed by atoms with Gasteiger partial charge in [-0.25, -0.2) is 4.98 Å². The van der Waals surface area contributed by atoms with Crippen molar-refractivity contribution in [1.82, 2.24) is 20.1 Å². The largest absolute Gasteiger partial charge is 0.312 e. The summed E-state index contributed by atoms with van der Waals surface area (Å²) in [6.07, 6.45) is 1.24. The average Bonchev–Trinajstić information content (AvgIpc) is 2.77. The molecule has 4 nitrogen and oxygen atoms in total. The maximum absolute atomic E-state index is 4.82. The SMILES string of the molecule is CNC(C)c1csc(C2CN(C)CCCN2C)n1. The first-order chi connectivity index (χ1) is 8.61. The molecular weight excluding hydrogens is 244 g/mol. The Hall–Kier alpha value is -0.490. The molecule has 1 saturated heterocycles. The van der Waals surface area contributed by atoms with Crippen LogP contribution in [0, 0.1) is 0 Å². The molecule has 1 aliphatic heterocycles. The van der Waals surface area contributed by atoms with Crippen LogP contribution in [-0.2, 0) is 0 Å². The summed E-state index contributed by atoms with van der Waals surface area (Å²) in [7, 11) is 6.40. The molecule has 0 bridgehead atoms. The molecule has 2 atom stereocenters. The molecule has 1 aromatic heterocycles. The fourth-order valence-corrected chi connectivity index (χ4v) is 3.41. The summed E-state index contributed by atoms with van der Waals surface area (Å²) in [6, 6.07) is 0.782. The van der Waals surface area contributed by atoms with Crippen LogP contribution in [0.15, 0.2) is 5.38 Å². The van der Waals surface area contributed by atoms with Crippen molar-refractivity contribution in [2.75, 3.05) is 40.8 Å². The van der Waals surface area contributed by atoms with Gasteiger partial charge in [0.15, 0.2) is 0 Å². The maximum atomic E-state index is 4.82. The predicted molar refractivity (Wildman–Crippen MR) is 77.1 cm³/mol. The Kier molecular flexibility index (Phi) is 4.72. The first-order valence-electron chi connectivity index (χ1n) is 6.63. The molecular formula is C13H24N4S. The number of nitrogens with one attached hydrogen (secondary N) is 1. The highest BCUT2D eigenvalue weighted by molar-refractivity contribution is 7.09. The van der Waals surface area contributed by atoms with Crippen molar-refractivity contribution in [3.63, 3.8) is 0 Å². The van der Waals surface area contributed by atoms with E-state index >= 15 is 0 Å². The molecule has 0 aromatic carbocycles. The van der Waals surface area contributed by atoms with Crippen LogP contribution in [0.1, 0.15) is 36.1 Å². The number of thiazole rings is 1. The van der Waals surface area contributed by atoms with Gasteiger partial charge in [-0.3, -0.25) is 4.90 Å². The van der Waals surface area contributed by atoms with Crippen LogP contribution in [0.25, 0.3) is 0 Å². The number of likely N-dealkylation sites (N-methyl/N-ethyl adjacent to an activating group) is 2. The Labute approximate surface area is 114 Å². The lowest BCUT2D eigenvalue weighted by Gasteiger charge is -2.25. The van der Waals surface area contributed by atoms with Gasteiger partial charge in [-0.2, -0.15) is 0 Å². The zero-order valence-corrected chi connectivity index (χ0v) is 12.6. The van der Waals surface area contributed by atoms with Crippen LogP contribution in [0.4, 0.5) is 0 Å². The van der Waals surface area contributed by atoms with Gasteiger partial charge in [0.25, 0.3) is 0 Å². The summed E-state index contributed by atoms with van der Waals surface area (Å²) in [5, 5.41) is 6.69.